The molecule has 1 aromatic heterocycles. The van der Waals surface area contributed by atoms with Crippen LogP contribution in [0.5, 0.6) is 0 Å². The van der Waals surface area contributed by atoms with Crippen molar-refractivity contribution in [2.24, 2.45) is 5.92 Å². The van der Waals surface area contributed by atoms with E-state index in [-0.39, 0.29) is 0 Å². The zero-order valence-electron chi connectivity index (χ0n) is 10.4. The van der Waals surface area contributed by atoms with Crippen LogP contribution in [0.25, 0.3) is 0 Å². The Morgan fingerprint density at radius 2 is 2.41 bits per heavy atom. The fourth-order valence-electron chi connectivity index (χ4n) is 2.95. The van der Waals surface area contributed by atoms with Gasteiger partial charge in [-0.15, -0.1) is 0 Å². The van der Waals surface area contributed by atoms with Crippen molar-refractivity contribution in [3.8, 4) is 0 Å². The fraction of sp³-hybridized carbons (Fsp3) is 0.833. The largest absolute Gasteiger partial charge is 0.338 e. The Hall–Kier alpha value is -0.940. The van der Waals surface area contributed by atoms with E-state index in [0.717, 1.165) is 37.1 Å². The van der Waals surface area contributed by atoms with Crippen molar-refractivity contribution in [1.82, 2.24) is 20.4 Å². The number of nitrogens with one attached hydrogen (secondary N) is 1. The number of fused-ring (bicyclic) bond motifs is 1. The smallest absolute Gasteiger partial charge is 0.240 e. The highest BCUT2D eigenvalue weighted by Gasteiger charge is 2.34. The van der Waals surface area contributed by atoms with Gasteiger partial charge in [0.2, 0.25) is 5.89 Å². The molecule has 0 aromatic carbocycles. The Bertz CT molecular complexity index is 364. The third kappa shape index (κ3) is 2.35. The molecule has 2 saturated heterocycles. The molecule has 0 amide bonds. The number of aryl methyl sites for hydroxylation is 1. The molecule has 2 unspecified atom stereocenters. The molecular weight excluding hydrogens is 216 g/mol. The number of rotatable bonds is 3. The van der Waals surface area contributed by atoms with Gasteiger partial charge in [-0.3, -0.25) is 4.90 Å². The molecule has 3 heterocycles. The normalized spacial score (nSPS) is 29.5. The first kappa shape index (κ1) is 11.2. The van der Waals surface area contributed by atoms with E-state index in [1.165, 1.54) is 25.9 Å². The second kappa shape index (κ2) is 4.74. The summed E-state index contributed by atoms with van der Waals surface area (Å²) in [5.41, 5.74) is 0. The third-order valence-corrected chi connectivity index (χ3v) is 3.86. The first-order valence-corrected chi connectivity index (χ1v) is 6.62. The number of aromatic nitrogens is 2. The summed E-state index contributed by atoms with van der Waals surface area (Å²) in [5.74, 6) is 2.40. The van der Waals surface area contributed by atoms with E-state index in [1.54, 1.807) is 0 Å². The van der Waals surface area contributed by atoms with Gasteiger partial charge in [-0.2, -0.15) is 4.98 Å². The summed E-state index contributed by atoms with van der Waals surface area (Å²) >= 11 is 0. The molecule has 5 heteroatoms. The SMILES string of the molecule is CCc1noc(CN2CC3CCCNC3C2)n1. The Morgan fingerprint density at radius 1 is 1.47 bits per heavy atom. The number of likely N-dealkylation sites (tertiary alicyclic amines) is 1. The first-order chi connectivity index (χ1) is 8.35. The molecule has 3 rings (SSSR count). The molecule has 17 heavy (non-hydrogen) atoms. The molecule has 2 atom stereocenters. The molecule has 2 aliphatic heterocycles. The van der Waals surface area contributed by atoms with Crippen LogP contribution in [0.2, 0.25) is 0 Å². The average Bonchev–Trinajstić information content (AvgIpc) is 2.94. The Morgan fingerprint density at radius 3 is 3.18 bits per heavy atom. The van der Waals surface area contributed by atoms with E-state index in [0.29, 0.717) is 6.04 Å². The number of nitrogens with zero attached hydrogens (tertiary/aromatic N) is 3. The summed E-state index contributed by atoms with van der Waals surface area (Å²) in [6.45, 7) is 6.32. The molecule has 2 aliphatic rings. The maximum atomic E-state index is 5.25. The van der Waals surface area contributed by atoms with Gasteiger partial charge in [0.15, 0.2) is 5.82 Å². The van der Waals surface area contributed by atoms with Crippen LogP contribution in [0.3, 0.4) is 0 Å². The zero-order valence-corrected chi connectivity index (χ0v) is 10.4. The molecule has 0 spiro atoms. The van der Waals surface area contributed by atoms with Crippen LogP contribution in [0, 0.1) is 5.92 Å². The van der Waals surface area contributed by atoms with E-state index in [2.05, 4.69) is 20.4 Å². The van der Waals surface area contributed by atoms with Crippen molar-refractivity contribution in [3.05, 3.63) is 11.7 Å². The van der Waals surface area contributed by atoms with Crippen LogP contribution in [-0.4, -0.2) is 40.7 Å². The van der Waals surface area contributed by atoms with Crippen LogP contribution in [0.1, 0.15) is 31.5 Å². The highest BCUT2D eigenvalue weighted by Crippen LogP contribution is 2.25. The van der Waals surface area contributed by atoms with E-state index < -0.39 is 0 Å². The second-order valence-electron chi connectivity index (χ2n) is 5.11. The van der Waals surface area contributed by atoms with Crippen LogP contribution in [0.15, 0.2) is 4.52 Å². The quantitative estimate of drug-likeness (QED) is 0.842. The molecule has 2 fully saturated rings. The number of piperidine rings is 1. The highest BCUT2D eigenvalue weighted by molar-refractivity contribution is 4.94. The van der Waals surface area contributed by atoms with Crippen molar-refractivity contribution in [2.45, 2.75) is 38.8 Å². The van der Waals surface area contributed by atoms with Gasteiger partial charge < -0.3 is 9.84 Å². The van der Waals surface area contributed by atoms with Crippen molar-refractivity contribution >= 4 is 0 Å². The molecule has 0 saturated carbocycles. The van der Waals surface area contributed by atoms with Gasteiger partial charge in [-0.05, 0) is 25.3 Å². The van der Waals surface area contributed by atoms with Crippen LogP contribution in [-0.2, 0) is 13.0 Å². The monoisotopic (exact) mass is 236 g/mol. The van der Waals surface area contributed by atoms with E-state index >= 15 is 0 Å². The lowest BCUT2D eigenvalue weighted by Gasteiger charge is -2.24. The summed E-state index contributed by atoms with van der Waals surface area (Å²) < 4.78 is 5.25. The standard InChI is InChI=1S/C12H20N4O/c1-2-11-14-12(17-15-11)8-16-6-9-4-3-5-13-10(9)7-16/h9-10,13H,2-8H2,1H3. The highest BCUT2D eigenvalue weighted by atomic mass is 16.5. The van der Waals surface area contributed by atoms with Crippen molar-refractivity contribution in [1.29, 1.82) is 0 Å². The molecular formula is C12H20N4O. The molecule has 0 radical (unpaired) electrons. The molecule has 94 valence electrons. The van der Waals surface area contributed by atoms with Gasteiger partial charge in [0, 0.05) is 25.6 Å². The van der Waals surface area contributed by atoms with Gasteiger partial charge in [0.25, 0.3) is 0 Å². The second-order valence-corrected chi connectivity index (χ2v) is 5.11. The lowest BCUT2D eigenvalue weighted by molar-refractivity contribution is 0.258. The Labute approximate surface area is 102 Å². The first-order valence-electron chi connectivity index (χ1n) is 6.62. The van der Waals surface area contributed by atoms with Crippen molar-refractivity contribution < 1.29 is 4.52 Å². The van der Waals surface area contributed by atoms with Crippen molar-refractivity contribution in [2.75, 3.05) is 19.6 Å². The summed E-state index contributed by atoms with van der Waals surface area (Å²) in [6.07, 6.45) is 3.52. The number of hydrogen-bond acceptors (Lipinski definition) is 5. The van der Waals surface area contributed by atoms with Crippen molar-refractivity contribution in [3.63, 3.8) is 0 Å². The lowest BCUT2D eigenvalue weighted by atomic mass is 9.94. The minimum atomic E-state index is 0.678. The number of hydrogen-bond donors (Lipinski definition) is 1. The van der Waals surface area contributed by atoms with Gasteiger partial charge in [-0.1, -0.05) is 12.1 Å². The minimum Gasteiger partial charge on any atom is -0.338 e. The predicted octanol–water partition coefficient (Wildman–Crippen LogP) is 0.816. The topological polar surface area (TPSA) is 54.2 Å². The zero-order chi connectivity index (χ0) is 11.7. The lowest BCUT2D eigenvalue weighted by Crippen LogP contribution is -2.40. The molecule has 0 bridgehead atoms. The van der Waals surface area contributed by atoms with Gasteiger partial charge in [0.05, 0.1) is 6.54 Å². The van der Waals surface area contributed by atoms with Crippen LogP contribution >= 0.6 is 0 Å². The third-order valence-electron chi connectivity index (χ3n) is 3.86. The Balaban J connectivity index is 1.59. The fourth-order valence-corrected chi connectivity index (χ4v) is 2.95. The molecule has 1 N–H and O–H groups in total. The van der Waals surface area contributed by atoms with Crippen LogP contribution in [0.4, 0.5) is 0 Å². The average molecular weight is 236 g/mol. The summed E-state index contributed by atoms with van der Waals surface area (Å²) in [6, 6.07) is 0.678. The van der Waals surface area contributed by atoms with Gasteiger partial charge in [0.1, 0.15) is 0 Å². The minimum absolute atomic E-state index is 0.678. The Kier molecular flexibility index (Phi) is 3.11. The summed E-state index contributed by atoms with van der Waals surface area (Å²) in [5, 5.41) is 7.54. The summed E-state index contributed by atoms with van der Waals surface area (Å²) in [7, 11) is 0. The van der Waals surface area contributed by atoms with Gasteiger partial charge in [-0.25, -0.2) is 0 Å². The van der Waals surface area contributed by atoms with E-state index in [1.807, 2.05) is 6.92 Å². The molecule has 0 aliphatic carbocycles. The van der Waals surface area contributed by atoms with E-state index in [4.69, 9.17) is 4.52 Å². The van der Waals surface area contributed by atoms with E-state index in [9.17, 15) is 0 Å². The molecule has 5 nitrogen and oxygen atoms in total. The van der Waals surface area contributed by atoms with Crippen LogP contribution < -0.4 is 5.32 Å². The maximum Gasteiger partial charge on any atom is 0.240 e. The molecule has 1 aromatic rings. The maximum absolute atomic E-state index is 5.25. The summed E-state index contributed by atoms with van der Waals surface area (Å²) in [4.78, 5) is 6.80. The van der Waals surface area contributed by atoms with Gasteiger partial charge >= 0.3 is 0 Å². The predicted molar refractivity (Wildman–Crippen MR) is 63.5 cm³/mol.